The predicted molar refractivity (Wildman–Crippen MR) is 118 cm³/mol. The number of nitrogens with one attached hydrogen (secondary N) is 2. The van der Waals surface area contributed by atoms with Gasteiger partial charge in [-0.2, -0.15) is 15.2 Å². The molecule has 10 heteroatoms. The van der Waals surface area contributed by atoms with Gasteiger partial charge in [0.25, 0.3) is 0 Å². The summed E-state index contributed by atoms with van der Waals surface area (Å²) in [5.74, 6) is 2.08. The highest BCUT2D eigenvalue weighted by atomic mass is 16.4. The lowest BCUT2D eigenvalue weighted by Gasteiger charge is -2.32. The van der Waals surface area contributed by atoms with Gasteiger partial charge in [0, 0.05) is 30.6 Å². The lowest BCUT2D eigenvalue weighted by atomic mass is 10.0. The lowest BCUT2D eigenvalue weighted by Crippen LogP contribution is -2.45. The summed E-state index contributed by atoms with van der Waals surface area (Å²) in [6.07, 6.45) is 5.30. The summed E-state index contributed by atoms with van der Waals surface area (Å²) in [5, 5.41) is 28.8. The molecule has 0 aliphatic heterocycles. The summed E-state index contributed by atoms with van der Waals surface area (Å²) in [6, 6.07) is 2.11. The van der Waals surface area contributed by atoms with Crippen molar-refractivity contribution in [1.29, 1.82) is 0 Å². The molecule has 2 aromatic rings. The zero-order valence-electron chi connectivity index (χ0n) is 18.9. The van der Waals surface area contributed by atoms with Crippen molar-refractivity contribution in [3.05, 3.63) is 18.0 Å². The molecule has 2 saturated carbocycles. The Morgan fingerprint density at radius 2 is 2.06 bits per heavy atom. The van der Waals surface area contributed by atoms with Gasteiger partial charge in [0.1, 0.15) is 5.82 Å². The number of carbonyl (C=O) groups is 1. The van der Waals surface area contributed by atoms with Gasteiger partial charge in [-0.25, -0.2) is 9.48 Å². The second-order valence-electron chi connectivity index (χ2n) is 9.89. The van der Waals surface area contributed by atoms with E-state index in [4.69, 9.17) is 5.10 Å². The summed E-state index contributed by atoms with van der Waals surface area (Å²) in [4.78, 5) is 18.0. The van der Waals surface area contributed by atoms with Crippen LogP contribution in [0.15, 0.2) is 12.3 Å². The van der Waals surface area contributed by atoms with Gasteiger partial charge >= 0.3 is 6.09 Å². The number of carboxylic acid groups (broad SMARTS) is 1. The number of amides is 1. The number of hydrogen-bond acceptors (Lipinski definition) is 7. The van der Waals surface area contributed by atoms with E-state index >= 15 is 0 Å². The van der Waals surface area contributed by atoms with Gasteiger partial charge in [-0.05, 0) is 59.8 Å². The van der Waals surface area contributed by atoms with Crippen molar-refractivity contribution in [2.45, 2.75) is 82.8 Å². The highest BCUT2D eigenvalue weighted by molar-refractivity contribution is 5.67. The quantitative estimate of drug-likeness (QED) is 0.636. The van der Waals surface area contributed by atoms with Crippen molar-refractivity contribution in [2.24, 2.45) is 0 Å². The van der Waals surface area contributed by atoms with Crippen molar-refractivity contribution in [2.75, 3.05) is 17.7 Å². The van der Waals surface area contributed by atoms with E-state index in [-0.39, 0.29) is 23.0 Å². The monoisotopic (exact) mass is 428 g/mol. The van der Waals surface area contributed by atoms with Crippen LogP contribution in [0.4, 0.5) is 22.4 Å². The fourth-order valence-corrected chi connectivity index (χ4v) is 4.51. The molecule has 10 nitrogen and oxygen atoms in total. The molecule has 0 aromatic carbocycles. The average molecular weight is 429 g/mol. The van der Waals surface area contributed by atoms with Crippen LogP contribution in [0.25, 0.3) is 0 Å². The van der Waals surface area contributed by atoms with E-state index in [1.807, 2.05) is 4.68 Å². The average Bonchev–Trinajstić information content (AvgIpc) is 3.08. The van der Waals surface area contributed by atoms with Gasteiger partial charge < -0.3 is 15.7 Å². The molecule has 31 heavy (non-hydrogen) atoms. The van der Waals surface area contributed by atoms with Crippen LogP contribution in [0.2, 0.25) is 0 Å². The van der Waals surface area contributed by atoms with E-state index in [0.717, 1.165) is 43.6 Å². The third-order valence-corrected chi connectivity index (χ3v) is 6.35. The Bertz CT molecular complexity index is 963. The molecule has 0 bridgehead atoms. The molecule has 4 rings (SSSR count). The zero-order valence-corrected chi connectivity index (χ0v) is 18.9. The summed E-state index contributed by atoms with van der Waals surface area (Å²) in [6.45, 7) is 8.36. The van der Waals surface area contributed by atoms with Crippen LogP contribution >= 0.6 is 0 Å². The first-order valence-electron chi connectivity index (χ1n) is 10.9. The van der Waals surface area contributed by atoms with Gasteiger partial charge in [0.2, 0.25) is 5.95 Å². The van der Waals surface area contributed by atoms with Crippen LogP contribution in [0.1, 0.15) is 71.4 Å². The largest absolute Gasteiger partial charge is 0.465 e. The molecule has 1 amide bonds. The Morgan fingerprint density at radius 3 is 2.68 bits per heavy atom. The molecule has 3 N–H and O–H groups in total. The normalized spacial score (nSPS) is 22.2. The molecule has 2 aromatic heterocycles. The van der Waals surface area contributed by atoms with E-state index < -0.39 is 6.09 Å². The van der Waals surface area contributed by atoms with Crippen molar-refractivity contribution in [3.63, 3.8) is 0 Å². The van der Waals surface area contributed by atoms with Crippen LogP contribution < -0.4 is 10.6 Å². The fourth-order valence-electron chi connectivity index (χ4n) is 4.51. The van der Waals surface area contributed by atoms with E-state index in [0.29, 0.717) is 11.8 Å². The minimum atomic E-state index is -0.801. The van der Waals surface area contributed by atoms with Gasteiger partial charge in [-0.1, -0.05) is 0 Å². The Labute approximate surface area is 182 Å². The van der Waals surface area contributed by atoms with Crippen molar-refractivity contribution < 1.29 is 9.90 Å². The molecular weight excluding hydrogens is 396 g/mol. The maximum atomic E-state index is 11.9. The van der Waals surface area contributed by atoms with Crippen molar-refractivity contribution in [3.8, 4) is 0 Å². The zero-order chi connectivity index (χ0) is 22.4. The Balaban J connectivity index is 1.57. The number of anilines is 3. The van der Waals surface area contributed by atoms with Gasteiger partial charge in [0.15, 0.2) is 5.82 Å². The first-order valence-corrected chi connectivity index (χ1v) is 10.9. The highest BCUT2D eigenvalue weighted by Crippen LogP contribution is 2.47. The number of rotatable bonds is 6. The summed E-state index contributed by atoms with van der Waals surface area (Å²) in [7, 11) is 1.75. The van der Waals surface area contributed by atoms with Crippen molar-refractivity contribution in [1.82, 2.24) is 29.9 Å². The number of nitrogens with zero attached hydrogens (tertiary/aromatic N) is 6. The molecule has 2 atom stereocenters. The number of aromatic nitrogens is 5. The van der Waals surface area contributed by atoms with E-state index in [9.17, 15) is 9.90 Å². The van der Waals surface area contributed by atoms with E-state index in [1.54, 1.807) is 18.1 Å². The van der Waals surface area contributed by atoms with Crippen LogP contribution in [0.5, 0.6) is 0 Å². The summed E-state index contributed by atoms with van der Waals surface area (Å²) >= 11 is 0. The van der Waals surface area contributed by atoms with Crippen molar-refractivity contribution >= 4 is 23.7 Å². The molecule has 168 valence electrons. The standard InChI is InChI=1S/C21H32N8O2/c1-20(2,3)29-17(24-16-12-23-26-18(22-5)25-16)11-15(27-29)13-6-7-14(10-13)28(19(30)31)21(4)8-9-21/h11-14H,6-10H2,1-5H3,(H,30,31)(H2,22,24,25,26)/t13-,14+/m0/s1. The molecule has 0 saturated heterocycles. The first-order chi connectivity index (χ1) is 14.6. The molecule has 2 aliphatic carbocycles. The maximum Gasteiger partial charge on any atom is 0.408 e. The minimum Gasteiger partial charge on any atom is -0.465 e. The predicted octanol–water partition coefficient (Wildman–Crippen LogP) is 3.78. The third kappa shape index (κ3) is 4.28. The first kappa shape index (κ1) is 21.3. The van der Waals surface area contributed by atoms with Crippen LogP contribution in [-0.2, 0) is 5.54 Å². The van der Waals surface area contributed by atoms with Crippen LogP contribution in [-0.4, -0.2) is 59.7 Å². The Kier molecular flexibility index (Phi) is 5.26. The highest BCUT2D eigenvalue weighted by Gasteiger charge is 2.50. The van der Waals surface area contributed by atoms with Gasteiger partial charge in [0.05, 0.1) is 17.4 Å². The van der Waals surface area contributed by atoms with E-state index in [2.05, 4.69) is 59.6 Å². The van der Waals surface area contributed by atoms with Crippen LogP contribution in [0, 0.1) is 0 Å². The number of hydrogen-bond donors (Lipinski definition) is 3. The smallest absolute Gasteiger partial charge is 0.408 e. The second-order valence-corrected chi connectivity index (χ2v) is 9.89. The Hall–Kier alpha value is -2.91. The van der Waals surface area contributed by atoms with Gasteiger partial charge in [-0.3, -0.25) is 4.90 Å². The van der Waals surface area contributed by atoms with E-state index in [1.165, 1.54) is 0 Å². The molecule has 0 radical (unpaired) electrons. The lowest BCUT2D eigenvalue weighted by molar-refractivity contribution is 0.0955. The molecule has 2 aliphatic rings. The maximum absolute atomic E-state index is 11.9. The fraction of sp³-hybridized carbons (Fsp3) is 0.667. The summed E-state index contributed by atoms with van der Waals surface area (Å²) in [5.41, 5.74) is 0.565. The van der Waals surface area contributed by atoms with Gasteiger partial charge in [-0.15, -0.1) is 5.10 Å². The molecule has 0 unspecified atom stereocenters. The topological polar surface area (TPSA) is 121 Å². The molecule has 2 fully saturated rings. The molecule has 2 heterocycles. The summed E-state index contributed by atoms with van der Waals surface area (Å²) < 4.78 is 1.97. The second kappa shape index (κ2) is 7.65. The SMILES string of the molecule is CNc1nncc(Nc2cc([C@H]3CC[C@@H](N(C(=O)O)C4(C)CC4)C3)nn2C(C)(C)C)n1. The third-order valence-electron chi connectivity index (χ3n) is 6.35. The Morgan fingerprint density at radius 1 is 1.32 bits per heavy atom. The molecular formula is C21H32N8O2. The minimum absolute atomic E-state index is 0.0513. The van der Waals surface area contributed by atoms with Crippen LogP contribution in [0.3, 0.4) is 0 Å². The molecule has 0 spiro atoms.